The molecule has 0 aliphatic heterocycles. The van der Waals surface area contributed by atoms with E-state index in [1.54, 1.807) is 0 Å². The molecule has 0 saturated heterocycles. The summed E-state index contributed by atoms with van der Waals surface area (Å²) in [7, 11) is 0. The second kappa shape index (κ2) is 6.18. The molecular formula is C15H25NO. The summed E-state index contributed by atoms with van der Waals surface area (Å²) < 4.78 is 0. The highest BCUT2D eigenvalue weighted by Gasteiger charge is 2.30. The van der Waals surface area contributed by atoms with Gasteiger partial charge in [-0.2, -0.15) is 0 Å². The van der Waals surface area contributed by atoms with E-state index in [0.717, 1.165) is 12.8 Å². The highest BCUT2D eigenvalue weighted by molar-refractivity contribution is 5.28. The standard InChI is InChI=1S/C15H25NO/c1-5-13(4)16-15(6-2,11-17)14-9-7-12(3)8-10-14/h7-10,13,16-17H,5-6,11H2,1-4H3. The topological polar surface area (TPSA) is 32.3 Å². The van der Waals surface area contributed by atoms with Gasteiger partial charge in [0.1, 0.15) is 0 Å². The summed E-state index contributed by atoms with van der Waals surface area (Å²) >= 11 is 0. The smallest absolute Gasteiger partial charge is 0.0668 e. The van der Waals surface area contributed by atoms with Crippen molar-refractivity contribution in [1.82, 2.24) is 5.32 Å². The van der Waals surface area contributed by atoms with E-state index in [-0.39, 0.29) is 12.1 Å². The molecule has 1 aromatic carbocycles. The lowest BCUT2D eigenvalue weighted by atomic mass is 9.86. The summed E-state index contributed by atoms with van der Waals surface area (Å²) in [6.07, 6.45) is 1.95. The van der Waals surface area contributed by atoms with Gasteiger partial charge < -0.3 is 10.4 Å². The summed E-state index contributed by atoms with van der Waals surface area (Å²) in [6, 6.07) is 8.85. The van der Waals surface area contributed by atoms with Crippen molar-refractivity contribution in [2.24, 2.45) is 0 Å². The van der Waals surface area contributed by atoms with Gasteiger partial charge in [-0.05, 0) is 32.3 Å². The molecule has 0 aromatic heterocycles. The van der Waals surface area contributed by atoms with Crippen LogP contribution in [0.5, 0.6) is 0 Å². The van der Waals surface area contributed by atoms with Crippen molar-refractivity contribution >= 4 is 0 Å². The SMILES string of the molecule is CCC(C)NC(CC)(CO)c1ccc(C)cc1. The van der Waals surface area contributed by atoms with Crippen LogP contribution in [0.25, 0.3) is 0 Å². The van der Waals surface area contributed by atoms with Crippen LogP contribution in [0, 0.1) is 6.92 Å². The fourth-order valence-electron chi connectivity index (χ4n) is 2.08. The maximum atomic E-state index is 9.78. The molecule has 0 fully saturated rings. The molecule has 0 spiro atoms. The first-order valence-corrected chi connectivity index (χ1v) is 6.53. The van der Waals surface area contributed by atoms with Gasteiger partial charge in [0, 0.05) is 6.04 Å². The van der Waals surface area contributed by atoms with Crippen molar-refractivity contribution in [3.8, 4) is 0 Å². The van der Waals surface area contributed by atoms with Crippen molar-refractivity contribution in [3.05, 3.63) is 35.4 Å². The van der Waals surface area contributed by atoms with E-state index in [2.05, 4.69) is 57.3 Å². The minimum absolute atomic E-state index is 0.136. The number of rotatable bonds is 6. The van der Waals surface area contributed by atoms with Gasteiger partial charge in [0.05, 0.1) is 12.1 Å². The van der Waals surface area contributed by atoms with Crippen LogP contribution in [0.15, 0.2) is 24.3 Å². The van der Waals surface area contributed by atoms with Gasteiger partial charge in [-0.3, -0.25) is 0 Å². The first-order valence-electron chi connectivity index (χ1n) is 6.53. The first-order chi connectivity index (χ1) is 8.07. The third-order valence-electron chi connectivity index (χ3n) is 3.61. The zero-order valence-electron chi connectivity index (χ0n) is 11.5. The fraction of sp³-hybridized carbons (Fsp3) is 0.600. The van der Waals surface area contributed by atoms with Crippen molar-refractivity contribution in [2.75, 3.05) is 6.61 Å². The van der Waals surface area contributed by atoms with Crippen LogP contribution < -0.4 is 5.32 Å². The lowest BCUT2D eigenvalue weighted by Gasteiger charge is -2.35. The molecule has 0 saturated carbocycles. The lowest BCUT2D eigenvalue weighted by Crippen LogP contribution is -2.49. The Hall–Kier alpha value is -0.860. The average molecular weight is 235 g/mol. The summed E-state index contributed by atoms with van der Waals surface area (Å²) in [5.74, 6) is 0. The minimum atomic E-state index is -0.302. The fourth-order valence-corrected chi connectivity index (χ4v) is 2.08. The van der Waals surface area contributed by atoms with Gasteiger partial charge in [0.25, 0.3) is 0 Å². The number of aliphatic hydroxyl groups is 1. The second-order valence-electron chi connectivity index (χ2n) is 4.91. The molecule has 0 bridgehead atoms. The van der Waals surface area contributed by atoms with Crippen LogP contribution in [-0.4, -0.2) is 17.8 Å². The maximum Gasteiger partial charge on any atom is 0.0668 e. The Bertz CT molecular complexity index is 327. The van der Waals surface area contributed by atoms with E-state index >= 15 is 0 Å². The van der Waals surface area contributed by atoms with Gasteiger partial charge in [0.15, 0.2) is 0 Å². The van der Waals surface area contributed by atoms with Gasteiger partial charge in [0.2, 0.25) is 0 Å². The Balaban J connectivity index is 3.01. The van der Waals surface area contributed by atoms with E-state index in [0.29, 0.717) is 6.04 Å². The lowest BCUT2D eigenvalue weighted by molar-refractivity contribution is 0.143. The summed E-state index contributed by atoms with van der Waals surface area (Å²) in [6.45, 7) is 8.65. The number of benzene rings is 1. The van der Waals surface area contributed by atoms with Crippen molar-refractivity contribution in [1.29, 1.82) is 0 Å². The van der Waals surface area contributed by atoms with Crippen LogP contribution in [-0.2, 0) is 5.54 Å². The number of hydrogen-bond acceptors (Lipinski definition) is 2. The third kappa shape index (κ3) is 3.30. The molecule has 0 radical (unpaired) electrons. The zero-order chi connectivity index (χ0) is 12.9. The van der Waals surface area contributed by atoms with E-state index in [9.17, 15) is 5.11 Å². The Morgan fingerprint density at radius 1 is 1.24 bits per heavy atom. The molecule has 1 rings (SSSR count). The molecule has 96 valence electrons. The van der Waals surface area contributed by atoms with Gasteiger partial charge in [-0.1, -0.05) is 43.7 Å². The highest BCUT2D eigenvalue weighted by Crippen LogP contribution is 2.26. The second-order valence-corrected chi connectivity index (χ2v) is 4.91. The molecule has 0 amide bonds. The van der Waals surface area contributed by atoms with Crippen LogP contribution >= 0.6 is 0 Å². The quantitative estimate of drug-likeness (QED) is 0.794. The van der Waals surface area contributed by atoms with E-state index in [1.807, 2.05) is 0 Å². The Morgan fingerprint density at radius 3 is 2.24 bits per heavy atom. The molecule has 2 heteroatoms. The van der Waals surface area contributed by atoms with Crippen LogP contribution in [0.1, 0.15) is 44.7 Å². The molecule has 17 heavy (non-hydrogen) atoms. The van der Waals surface area contributed by atoms with Crippen molar-refractivity contribution in [3.63, 3.8) is 0 Å². The molecular weight excluding hydrogens is 210 g/mol. The highest BCUT2D eigenvalue weighted by atomic mass is 16.3. The van der Waals surface area contributed by atoms with Gasteiger partial charge in [-0.15, -0.1) is 0 Å². The predicted octanol–water partition coefficient (Wildman–Crippen LogP) is 2.98. The molecule has 0 heterocycles. The molecule has 1 aromatic rings. The monoisotopic (exact) mass is 235 g/mol. The normalized spacial score (nSPS) is 16.5. The van der Waals surface area contributed by atoms with Crippen LogP contribution in [0.4, 0.5) is 0 Å². The molecule has 2 atom stereocenters. The van der Waals surface area contributed by atoms with Crippen LogP contribution in [0.3, 0.4) is 0 Å². The number of nitrogens with one attached hydrogen (secondary N) is 1. The summed E-state index contributed by atoms with van der Waals surface area (Å²) in [5, 5.41) is 13.3. The Morgan fingerprint density at radius 2 is 1.82 bits per heavy atom. The summed E-state index contributed by atoms with van der Waals surface area (Å²) in [5.41, 5.74) is 2.12. The van der Waals surface area contributed by atoms with E-state index in [1.165, 1.54) is 11.1 Å². The predicted molar refractivity (Wildman–Crippen MR) is 73.1 cm³/mol. The van der Waals surface area contributed by atoms with Crippen molar-refractivity contribution in [2.45, 2.75) is 52.1 Å². The Kier molecular flexibility index (Phi) is 5.16. The molecule has 0 aliphatic rings. The average Bonchev–Trinajstić information content (AvgIpc) is 2.37. The molecule has 0 aliphatic carbocycles. The molecule has 2 unspecified atom stereocenters. The number of aliphatic hydroxyl groups excluding tert-OH is 1. The molecule has 2 N–H and O–H groups in total. The first kappa shape index (κ1) is 14.2. The third-order valence-corrected chi connectivity index (χ3v) is 3.61. The largest absolute Gasteiger partial charge is 0.394 e. The summed E-state index contributed by atoms with van der Waals surface area (Å²) in [4.78, 5) is 0. The van der Waals surface area contributed by atoms with Gasteiger partial charge in [-0.25, -0.2) is 0 Å². The molecule has 2 nitrogen and oxygen atoms in total. The van der Waals surface area contributed by atoms with Gasteiger partial charge >= 0.3 is 0 Å². The Labute approximate surface area is 105 Å². The van der Waals surface area contributed by atoms with Crippen LogP contribution in [0.2, 0.25) is 0 Å². The maximum absolute atomic E-state index is 9.78. The van der Waals surface area contributed by atoms with E-state index in [4.69, 9.17) is 0 Å². The number of aryl methyl sites for hydroxylation is 1. The number of hydrogen-bond donors (Lipinski definition) is 2. The minimum Gasteiger partial charge on any atom is -0.394 e. The van der Waals surface area contributed by atoms with E-state index < -0.39 is 0 Å². The van der Waals surface area contributed by atoms with Crippen molar-refractivity contribution < 1.29 is 5.11 Å². The zero-order valence-corrected chi connectivity index (χ0v) is 11.5.